The number of carbonyl (C=O) groups is 4. The minimum atomic E-state index is -1.37. The van der Waals surface area contributed by atoms with Crippen LogP contribution in [0.5, 0.6) is 0 Å². The molecule has 5 N–H and O–H groups in total. The highest BCUT2D eigenvalue weighted by Gasteiger charge is 2.44. The van der Waals surface area contributed by atoms with Gasteiger partial charge in [0, 0.05) is 32.2 Å². The van der Waals surface area contributed by atoms with Gasteiger partial charge < -0.3 is 35.8 Å². The summed E-state index contributed by atoms with van der Waals surface area (Å²) in [6.45, 7) is 3.33. The maximum Gasteiger partial charge on any atom is 0.454 e. The molecule has 0 radical (unpaired) electrons. The molecule has 0 bridgehead atoms. The second-order valence-corrected chi connectivity index (χ2v) is 8.97. The standard InChI is InChI=1S/C19H32BN5O6/c1-13-10-15(22-12-26)17(28)25(13)11-16(27)23-8-4-19(21,5-9-23)18(29)24-6-2-14(3-7-24)20(30)31/h12-15,30-31H,2-11,21H2,1H3,(H,22,26). The SMILES string of the molecule is CC1CC(NC=O)C(=O)N1CC(=O)N1CCC(N)(C(=O)N2CCC(B(O)O)CC2)CC1. The molecule has 4 amide bonds. The average Bonchev–Trinajstić information content (AvgIpc) is 3.01. The molecule has 3 aliphatic heterocycles. The van der Waals surface area contributed by atoms with Crippen molar-refractivity contribution < 1.29 is 29.2 Å². The highest BCUT2D eigenvalue weighted by molar-refractivity contribution is 6.43. The number of nitrogens with zero attached hydrogens (tertiary/aromatic N) is 3. The molecule has 0 saturated carbocycles. The van der Waals surface area contributed by atoms with Gasteiger partial charge in [0.15, 0.2) is 0 Å². The number of carbonyl (C=O) groups excluding carboxylic acids is 4. The molecule has 11 nitrogen and oxygen atoms in total. The maximum absolute atomic E-state index is 13.0. The van der Waals surface area contributed by atoms with Gasteiger partial charge in [0.25, 0.3) is 0 Å². The fraction of sp³-hybridized carbons (Fsp3) is 0.789. The van der Waals surface area contributed by atoms with E-state index in [4.69, 9.17) is 5.73 Å². The molecule has 2 atom stereocenters. The summed E-state index contributed by atoms with van der Waals surface area (Å²) in [6.07, 6.45) is 2.67. The third-order valence-corrected chi connectivity index (χ3v) is 6.95. The van der Waals surface area contributed by atoms with Gasteiger partial charge in [-0.1, -0.05) is 0 Å². The summed E-state index contributed by atoms with van der Waals surface area (Å²) in [5, 5.41) is 21.1. The Bertz CT molecular complexity index is 706. The van der Waals surface area contributed by atoms with Crippen molar-refractivity contribution in [3.8, 4) is 0 Å². The van der Waals surface area contributed by atoms with Crippen molar-refractivity contribution in [2.75, 3.05) is 32.7 Å². The fourth-order valence-corrected chi connectivity index (χ4v) is 4.77. The van der Waals surface area contributed by atoms with E-state index in [2.05, 4.69) is 5.32 Å². The minimum Gasteiger partial charge on any atom is -0.427 e. The van der Waals surface area contributed by atoms with Crippen LogP contribution in [0.4, 0.5) is 0 Å². The molecule has 0 aromatic heterocycles. The van der Waals surface area contributed by atoms with E-state index in [0.717, 1.165) is 0 Å². The smallest absolute Gasteiger partial charge is 0.427 e. The van der Waals surface area contributed by atoms with Crippen LogP contribution in [0.3, 0.4) is 0 Å². The lowest BCUT2D eigenvalue weighted by molar-refractivity contribution is -0.145. The quantitative estimate of drug-likeness (QED) is 0.265. The van der Waals surface area contributed by atoms with Crippen LogP contribution in [-0.4, -0.2) is 106 Å². The number of rotatable bonds is 6. The zero-order valence-corrected chi connectivity index (χ0v) is 17.9. The number of hydrogen-bond donors (Lipinski definition) is 4. The Morgan fingerprint density at radius 3 is 2.35 bits per heavy atom. The van der Waals surface area contributed by atoms with Crippen LogP contribution in [-0.2, 0) is 19.2 Å². The van der Waals surface area contributed by atoms with Crippen LogP contribution in [0.25, 0.3) is 0 Å². The first-order chi connectivity index (χ1) is 14.7. The molecule has 0 aromatic rings. The molecule has 0 aromatic carbocycles. The van der Waals surface area contributed by atoms with Crippen molar-refractivity contribution in [1.29, 1.82) is 0 Å². The van der Waals surface area contributed by atoms with E-state index in [1.807, 2.05) is 6.92 Å². The van der Waals surface area contributed by atoms with Crippen LogP contribution in [0, 0.1) is 0 Å². The Kier molecular flexibility index (Phi) is 7.22. The first-order valence-corrected chi connectivity index (χ1v) is 10.9. The van der Waals surface area contributed by atoms with Crippen molar-refractivity contribution in [3.05, 3.63) is 0 Å². The van der Waals surface area contributed by atoms with Gasteiger partial charge in [0.1, 0.15) is 12.6 Å². The van der Waals surface area contributed by atoms with Gasteiger partial charge in [0.2, 0.25) is 24.1 Å². The molecule has 3 heterocycles. The summed E-state index contributed by atoms with van der Waals surface area (Å²) in [5.41, 5.74) is 5.37. The molecule has 3 rings (SSSR count). The topological polar surface area (TPSA) is 157 Å². The molecule has 0 aliphatic carbocycles. The summed E-state index contributed by atoms with van der Waals surface area (Å²) >= 11 is 0. The van der Waals surface area contributed by atoms with Gasteiger partial charge in [-0.15, -0.1) is 0 Å². The Morgan fingerprint density at radius 1 is 1.19 bits per heavy atom. The lowest BCUT2D eigenvalue weighted by Gasteiger charge is -2.42. The van der Waals surface area contributed by atoms with Gasteiger partial charge in [0.05, 0.1) is 5.54 Å². The molecular weight excluding hydrogens is 405 g/mol. The molecule has 31 heavy (non-hydrogen) atoms. The molecule has 0 spiro atoms. The van der Waals surface area contributed by atoms with E-state index in [9.17, 15) is 29.2 Å². The highest BCUT2D eigenvalue weighted by atomic mass is 16.4. The number of amides is 4. The maximum atomic E-state index is 13.0. The normalized spacial score (nSPS) is 26.7. The van der Waals surface area contributed by atoms with Crippen LogP contribution in [0.15, 0.2) is 0 Å². The predicted octanol–water partition coefficient (Wildman–Crippen LogP) is -2.49. The highest BCUT2D eigenvalue weighted by Crippen LogP contribution is 2.28. The number of likely N-dealkylation sites (tertiary alicyclic amines) is 3. The second kappa shape index (κ2) is 9.53. The molecule has 172 valence electrons. The number of nitrogens with one attached hydrogen (secondary N) is 1. The zero-order chi connectivity index (χ0) is 22.8. The average molecular weight is 437 g/mol. The van der Waals surface area contributed by atoms with Gasteiger partial charge >= 0.3 is 7.12 Å². The molecule has 3 fully saturated rings. The van der Waals surface area contributed by atoms with Gasteiger partial charge in [-0.25, -0.2) is 0 Å². The van der Waals surface area contributed by atoms with Gasteiger partial charge in [-0.2, -0.15) is 0 Å². The molecule has 12 heteroatoms. The molecule has 2 unspecified atom stereocenters. The van der Waals surface area contributed by atoms with Crippen molar-refractivity contribution in [2.45, 2.75) is 62.5 Å². The van der Waals surface area contributed by atoms with Gasteiger partial charge in [-0.3, -0.25) is 19.2 Å². The van der Waals surface area contributed by atoms with Crippen molar-refractivity contribution >= 4 is 31.3 Å². The van der Waals surface area contributed by atoms with Crippen LogP contribution >= 0.6 is 0 Å². The predicted molar refractivity (Wildman–Crippen MR) is 111 cm³/mol. The van der Waals surface area contributed by atoms with E-state index in [1.54, 1.807) is 9.80 Å². The molecule has 3 saturated heterocycles. The van der Waals surface area contributed by atoms with Crippen LogP contribution < -0.4 is 11.1 Å². The molecule has 3 aliphatic rings. The van der Waals surface area contributed by atoms with E-state index in [0.29, 0.717) is 64.7 Å². The summed E-state index contributed by atoms with van der Waals surface area (Å²) in [5.74, 6) is -0.838. The van der Waals surface area contributed by atoms with Crippen molar-refractivity contribution in [2.24, 2.45) is 5.73 Å². The second-order valence-electron chi connectivity index (χ2n) is 8.97. The minimum absolute atomic E-state index is 0.0560. The van der Waals surface area contributed by atoms with Crippen molar-refractivity contribution in [3.63, 3.8) is 0 Å². The lowest BCUT2D eigenvalue weighted by Crippen LogP contribution is -2.62. The molecular formula is C19H32BN5O6. The summed E-state index contributed by atoms with van der Waals surface area (Å²) in [7, 11) is -1.37. The third kappa shape index (κ3) is 5.02. The van der Waals surface area contributed by atoms with Crippen molar-refractivity contribution in [1.82, 2.24) is 20.0 Å². The Morgan fingerprint density at radius 2 is 1.81 bits per heavy atom. The third-order valence-electron chi connectivity index (χ3n) is 6.95. The zero-order valence-electron chi connectivity index (χ0n) is 17.9. The van der Waals surface area contributed by atoms with E-state index in [-0.39, 0.29) is 36.1 Å². The summed E-state index contributed by atoms with van der Waals surface area (Å²) in [4.78, 5) is 53.6. The Labute approximate surface area is 182 Å². The number of nitrogens with two attached hydrogens (primary N) is 1. The summed E-state index contributed by atoms with van der Waals surface area (Å²) in [6, 6.07) is -0.735. The largest absolute Gasteiger partial charge is 0.454 e. The lowest BCUT2D eigenvalue weighted by atomic mass is 9.67. The number of piperidine rings is 2. The van der Waals surface area contributed by atoms with Gasteiger partial charge in [-0.05, 0) is 44.8 Å². The first-order valence-electron chi connectivity index (χ1n) is 10.9. The Hall–Kier alpha value is -2.18. The van der Waals surface area contributed by atoms with E-state index < -0.39 is 18.7 Å². The monoisotopic (exact) mass is 437 g/mol. The summed E-state index contributed by atoms with van der Waals surface area (Å²) < 4.78 is 0. The first kappa shape index (κ1) is 23.5. The Balaban J connectivity index is 1.50. The van der Waals surface area contributed by atoms with E-state index in [1.165, 1.54) is 4.90 Å². The number of hydrogen-bond acceptors (Lipinski definition) is 7. The fourth-order valence-electron chi connectivity index (χ4n) is 4.77. The van der Waals surface area contributed by atoms with E-state index >= 15 is 0 Å². The van der Waals surface area contributed by atoms with Crippen LogP contribution in [0.2, 0.25) is 5.82 Å². The van der Waals surface area contributed by atoms with Crippen LogP contribution in [0.1, 0.15) is 39.0 Å².